The van der Waals surface area contributed by atoms with Gasteiger partial charge in [0.1, 0.15) is 6.61 Å². The third-order valence-corrected chi connectivity index (χ3v) is 5.87. The second-order valence-corrected chi connectivity index (χ2v) is 8.51. The highest BCUT2D eigenvalue weighted by Crippen LogP contribution is 2.24. The number of rotatable bonds is 5. The normalized spacial score (nSPS) is 15.2. The summed E-state index contributed by atoms with van der Waals surface area (Å²) in [5, 5.41) is 7.09. The predicted molar refractivity (Wildman–Crippen MR) is 128 cm³/mol. The molecule has 172 valence electrons. The molecule has 1 heterocycles. The zero-order valence-electron chi connectivity index (χ0n) is 18.7. The van der Waals surface area contributed by atoms with Gasteiger partial charge in [0.25, 0.3) is 11.8 Å². The van der Waals surface area contributed by atoms with Crippen LogP contribution in [0.5, 0.6) is 0 Å². The highest BCUT2D eigenvalue weighted by molar-refractivity contribution is 6.30. The molecule has 2 amide bonds. The van der Waals surface area contributed by atoms with E-state index in [0.29, 0.717) is 30.2 Å². The lowest BCUT2D eigenvalue weighted by Crippen LogP contribution is -2.36. The molecule has 7 heteroatoms. The minimum atomic E-state index is -0.149. The standard InChI is InChI=1S/C25H32ClN3O3/c1-32-18-24(30)29-14-6-4-2-3-5-13-27-17-21-15-20(9-12-23(21)29)25(31)28-16-19-7-10-22(26)11-8-19/h7-12,15,27H,2-6,13-14,16-18H2,1H3,(H,28,31). The van der Waals surface area contributed by atoms with Gasteiger partial charge in [-0.05, 0) is 60.8 Å². The first-order valence-electron chi connectivity index (χ1n) is 11.2. The minimum Gasteiger partial charge on any atom is -0.375 e. The highest BCUT2D eigenvalue weighted by atomic mass is 35.5. The van der Waals surface area contributed by atoms with Gasteiger partial charge in [0, 0.05) is 43.0 Å². The number of fused-ring (bicyclic) bond motifs is 1. The van der Waals surface area contributed by atoms with Gasteiger partial charge in [0.2, 0.25) is 0 Å². The summed E-state index contributed by atoms with van der Waals surface area (Å²) >= 11 is 5.93. The Morgan fingerprint density at radius 2 is 1.81 bits per heavy atom. The van der Waals surface area contributed by atoms with Crippen LogP contribution >= 0.6 is 11.6 Å². The molecule has 0 radical (unpaired) electrons. The summed E-state index contributed by atoms with van der Waals surface area (Å²) < 4.78 is 5.11. The molecule has 0 saturated heterocycles. The monoisotopic (exact) mass is 457 g/mol. The number of methoxy groups -OCH3 is 1. The molecule has 2 aromatic carbocycles. The molecule has 6 nitrogen and oxygen atoms in total. The number of hydrogen-bond donors (Lipinski definition) is 2. The maximum absolute atomic E-state index is 12.8. The van der Waals surface area contributed by atoms with Gasteiger partial charge in [-0.1, -0.05) is 43.0 Å². The van der Waals surface area contributed by atoms with Crippen LogP contribution in [0.1, 0.15) is 53.6 Å². The first-order chi connectivity index (χ1) is 15.6. The van der Waals surface area contributed by atoms with Crippen LogP contribution in [0, 0.1) is 0 Å². The van der Waals surface area contributed by atoms with Crippen molar-refractivity contribution in [1.29, 1.82) is 0 Å². The minimum absolute atomic E-state index is 0.0379. The highest BCUT2D eigenvalue weighted by Gasteiger charge is 2.20. The van der Waals surface area contributed by atoms with Gasteiger partial charge >= 0.3 is 0 Å². The maximum Gasteiger partial charge on any atom is 0.252 e. The second-order valence-electron chi connectivity index (χ2n) is 8.08. The van der Waals surface area contributed by atoms with Gasteiger partial charge in [0.05, 0.1) is 0 Å². The third-order valence-electron chi connectivity index (χ3n) is 5.62. The van der Waals surface area contributed by atoms with Crippen molar-refractivity contribution in [3.8, 4) is 0 Å². The molecular formula is C25H32ClN3O3. The Kier molecular flexibility index (Phi) is 9.53. The van der Waals surface area contributed by atoms with Crippen molar-refractivity contribution >= 4 is 29.1 Å². The first kappa shape index (κ1) is 24.2. The predicted octanol–water partition coefficient (Wildman–Crippen LogP) is 4.30. The number of carbonyl (C=O) groups excluding carboxylic acids is 2. The van der Waals surface area contributed by atoms with Crippen molar-refractivity contribution in [3.05, 3.63) is 64.2 Å². The summed E-state index contributed by atoms with van der Waals surface area (Å²) in [6.45, 7) is 2.63. The summed E-state index contributed by atoms with van der Waals surface area (Å²) in [4.78, 5) is 27.4. The summed E-state index contributed by atoms with van der Waals surface area (Å²) in [5.41, 5.74) is 3.33. The number of anilines is 1. The van der Waals surface area contributed by atoms with Gasteiger partial charge in [0.15, 0.2) is 0 Å². The lowest BCUT2D eigenvalue weighted by Gasteiger charge is -2.26. The average molecular weight is 458 g/mol. The fourth-order valence-electron chi connectivity index (χ4n) is 3.87. The van der Waals surface area contributed by atoms with E-state index in [1.165, 1.54) is 20.0 Å². The van der Waals surface area contributed by atoms with Gasteiger partial charge < -0.3 is 20.3 Å². The Bertz CT molecular complexity index is 902. The Labute approximate surface area is 195 Å². The summed E-state index contributed by atoms with van der Waals surface area (Å²) in [6, 6.07) is 13.0. The molecule has 0 saturated carbocycles. The van der Waals surface area contributed by atoms with E-state index in [1.807, 2.05) is 36.4 Å². The fraction of sp³-hybridized carbons (Fsp3) is 0.440. The molecule has 3 rings (SSSR count). The molecule has 1 aliphatic heterocycles. The number of carbonyl (C=O) groups is 2. The quantitative estimate of drug-likeness (QED) is 0.702. The van der Waals surface area contributed by atoms with Gasteiger partial charge in [-0.3, -0.25) is 9.59 Å². The third kappa shape index (κ3) is 7.05. The van der Waals surface area contributed by atoms with Crippen molar-refractivity contribution in [2.24, 2.45) is 0 Å². The average Bonchev–Trinajstić information content (AvgIpc) is 2.79. The van der Waals surface area contributed by atoms with Crippen molar-refractivity contribution in [3.63, 3.8) is 0 Å². The van der Waals surface area contributed by atoms with E-state index >= 15 is 0 Å². The zero-order valence-corrected chi connectivity index (χ0v) is 19.4. The number of hydrogen-bond acceptors (Lipinski definition) is 4. The van der Waals surface area contributed by atoms with E-state index in [1.54, 1.807) is 11.0 Å². The Morgan fingerprint density at radius 3 is 2.59 bits per heavy atom. The van der Waals surface area contributed by atoms with E-state index < -0.39 is 0 Å². The van der Waals surface area contributed by atoms with Crippen LogP contribution in [0.25, 0.3) is 0 Å². The molecule has 0 unspecified atom stereocenters. The molecule has 1 aliphatic rings. The Morgan fingerprint density at radius 1 is 1.06 bits per heavy atom. The van der Waals surface area contributed by atoms with Crippen LogP contribution in [-0.4, -0.2) is 38.6 Å². The molecule has 2 aromatic rings. The van der Waals surface area contributed by atoms with Crippen molar-refractivity contribution in [1.82, 2.24) is 10.6 Å². The van der Waals surface area contributed by atoms with E-state index in [9.17, 15) is 9.59 Å². The number of halogens is 1. The number of nitrogens with zero attached hydrogens (tertiary/aromatic N) is 1. The topological polar surface area (TPSA) is 70.7 Å². The molecule has 0 aliphatic carbocycles. The Balaban J connectivity index is 1.80. The molecule has 2 N–H and O–H groups in total. The lowest BCUT2D eigenvalue weighted by molar-refractivity contribution is -0.122. The van der Waals surface area contributed by atoms with Crippen molar-refractivity contribution in [2.45, 2.75) is 45.2 Å². The van der Waals surface area contributed by atoms with Crippen molar-refractivity contribution < 1.29 is 14.3 Å². The molecule has 0 spiro atoms. The van der Waals surface area contributed by atoms with Crippen LogP contribution in [0.4, 0.5) is 5.69 Å². The van der Waals surface area contributed by atoms with E-state index in [0.717, 1.165) is 42.6 Å². The number of amides is 2. The number of benzene rings is 2. The number of nitrogens with one attached hydrogen (secondary N) is 2. The molecule has 0 atom stereocenters. The maximum atomic E-state index is 12.8. The van der Waals surface area contributed by atoms with E-state index in [4.69, 9.17) is 16.3 Å². The molecular weight excluding hydrogens is 426 g/mol. The first-order valence-corrected chi connectivity index (χ1v) is 11.6. The molecule has 0 fully saturated rings. The second kappa shape index (κ2) is 12.6. The van der Waals surface area contributed by atoms with E-state index in [2.05, 4.69) is 10.6 Å². The van der Waals surface area contributed by atoms with Gasteiger partial charge in [-0.25, -0.2) is 0 Å². The largest absolute Gasteiger partial charge is 0.375 e. The lowest BCUT2D eigenvalue weighted by atomic mass is 10.0. The van der Waals surface area contributed by atoms with Crippen LogP contribution in [0.15, 0.2) is 42.5 Å². The van der Waals surface area contributed by atoms with Crippen LogP contribution in [0.3, 0.4) is 0 Å². The van der Waals surface area contributed by atoms with Crippen LogP contribution < -0.4 is 15.5 Å². The van der Waals surface area contributed by atoms with Crippen LogP contribution in [-0.2, 0) is 22.6 Å². The SMILES string of the molecule is COCC(=O)N1CCCCCCCNCc2cc(C(=O)NCc3ccc(Cl)cc3)ccc21. The van der Waals surface area contributed by atoms with E-state index in [-0.39, 0.29) is 18.4 Å². The zero-order chi connectivity index (χ0) is 22.8. The number of ether oxygens (including phenoxy) is 1. The molecule has 0 aromatic heterocycles. The summed E-state index contributed by atoms with van der Waals surface area (Å²) in [5.74, 6) is -0.214. The molecule has 0 bridgehead atoms. The summed E-state index contributed by atoms with van der Waals surface area (Å²) in [6.07, 6.45) is 5.53. The Hall–Kier alpha value is -2.41. The van der Waals surface area contributed by atoms with Gasteiger partial charge in [-0.15, -0.1) is 0 Å². The van der Waals surface area contributed by atoms with Crippen molar-refractivity contribution in [2.75, 3.05) is 31.7 Å². The smallest absolute Gasteiger partial charge is 0.252 e. The molecule has 32 heavy (non-hydrogen) atoms. The van der Waals surface area contributed by atoms with Gasteiger partial charge in [-0.2, -0.15) is 0 Å². The fourth-order valence-corrected chi connectivity index (χ4v) is 4.00. The summed E-state index contributed by atoms with van der Waals surface area (Å²) in [7, 11) is 1.53. The van der Waals surface area contributed by atoms with Crippen LogP contribution in [0.2, 0.25) is 5.02 Å².